The molecular weight excluding hydrogens is 600 g/mol. The van der Waals surface area contributed by atoms with E-state index in [-0.39, 0.29) is 53.8 Å². The zero-order valence-corrected chi connectivity index (χ0v) is 23.8. The molecule has 0 spiro atoms. The van der Waals surface area contributed by atoms with Gasteiger partial charge >= 0.3 is 6.18 Å². The Bertz CT molecular complexity index is 1530. The number of H-pyrrole nitrogens is 1. The Balaban J connectivity index is 0.00000178. The van der Waals surface area contributed by atoms with Crippen LogP contribution >= 0.6 is 37.2 Å². The molecule has 3 heterocycles. The molecule has 39 heavy (non-hydrogen) atoms. The lowest BCUT2D eigenvalue weighted by Gasteiger charge is -2.34. The van der Waals surface area contributed by atoms with E-state index in [1.54, 1.807) is 36.5 Å². The van der Waals surface area contributed by atoms with E-state index < -0.39 is 21.7 Å². The zero-order valence-electron chi connectivity index (χ0n) is 20.5. The summed E-state index contributed by atoms with van der Waals surface area (Å²) in [6.45, 7) is 1.33. The first-order valence-electron chi connectivity index (χ1n) is 11.3. The lowest BCUT2D eigenvalue weighted by molar-refractivity contribution is -0.140. The van der Waals surface area contributed by atoms with Gasteiger partial charge in [-0.05, 0) is 42.0 Å². The summed E-state index contributed by atoms with van der Waals surface area (Å²) in [7, 11) is -3.33. The molecule has 0 aliphatic carbocycles. The van der Waals surface area contributed by atoms with Gasteiger partial charge < -0.3 is 9.64 Å². The molecule has 0 unspecified atom stereocenters. The summed E-state index contributed by atoms with van der Waals surface area (Å²) in [5, 5.41) is 6.41. The van der Waals surface area contributed by atoms with Crippen molar-refractivity contribution in [3.63, 3.8) is 0 Å². The largest absolute Gasteiger partial charge is 0.490 e. The molecule has 1 aliphatic heterocycles. The first-order chi connectivity index (χ1) is 17.1. The van der Waals surface area contributed by atoms with E-state index >= 15 is 0 Å². The van der Waals surface area contributed by atoms with E-state index in [1.165, 1.54) is 18.3 Å². The predicted octanol–water partition coefficient (Wildman–Crippen LogP) is 6.36. The highest BCUT2D eigenvalue weighted by Gasteiger charge is 2.36. The Morgan fingerprint density at radius 2 is 1.74 bits per heavy atom. The molecule has 2 aromatic heterocycles. The highest BCUT2D eigenvalue weighted by atomic mass is 35.5. The molecule has 14 heteroatoms. The van der Waals surface area contributed by atoms with Gasteiger partial charge in [0.25, 0.3) is 0 Å². The maximum Gasteiger partial charge on any atom is 0.433 e. The number of nitrogens with zero attached hydrogens (tertiary/aromatic N) is 3. The first-order valence-corrected chi connectivity index (χ1v) is 13.2. The molecule has 5 rings (SSSR count). The number of ether oxygens (including phenoxy) is 1. The number of piperidine rings is 1. The molecule has 212 valence electrons. The number of anilines is 1. The van der Waals surface area contributed by atoms with Crippen molar-refractivity contribution in [2.45, 2.75) is 30.0 Å². The summed E-state index contributed by atoms with van der Waals surface area (Å²) in [6, 6.07) is 13.4. The van der Waals surface area contributed by atoms with Crippen molar-refractivity contribution in [2.24, 2.45) is 0 Å². The minimum absolute atomic E-state index is 0. The van der Waals surface area contributed by atoms with Crippen molar-refractivity contribution < 1.29 is 26.3 Å². The SMILES string of the molecule is CS(=O)(=O)c1cccc(OC2CCN(c3ccnc4ccc(-c5cn[nH]c5C(F)(F)F)cc34)CC2)c1.Cl.Cl.Cl. The van der Waals surface area contributed by atoms with Crippen molar-refractivity contribution in [1.82, 2.24) is 15.2 Å². The summed E-state index contributed by atoms with van der Waals surface area (Å²) in [6.07, 6.45) is 0.809. The number of benzene rings is 2. The van der Waals surface area contributed by atoms with Gasteiger partial charge in [-0.2, -0.15) is 18.3 Å². The van der Waals surface area contributed by atoms with Gasteiger partial charge in [0.05, 0.1) is 16.6 Å². The minimum Gasteiger partial charge on any atom is -0.490 e. The lowest BCUT2D eigenvalue weighted by atomic mass is 10.0. The quantitative estimate of drug-likeness (QED) is 0.278. The van der Waals surface area contributed by atoms with E-state index in [2.05, 4.69) is 20.1 Å². The standard InChI is InChI=1S/C25H23F3N4O3S.3ClH/c1-36(33,34)19-4-2-3-18(14-19)35-17-8-11-32(12-9-17)23-7-10-29-22-6-5-16(13-20(22)23)21-15-30-31-24(21)25(26,27)28;;;/h2-7,10,13-15,17H,8-9,11-12H2,1H3,(H,30,31);3*1H. The van der Waals surface area contributed by atoms with Crippen molar-refractivity contribution in [3.8, 4) is 16.9 Å². The number of nitrogens with one attached hydrogen (secondary N) is 1. The van der Waals surface area contributed by atoms with Crippen LogP contribution in [0.3, 0.4) is 0 Å². The van der Waals surface area contributed by atoms with Gasteiger partial charge in [0.2, 0.25) is 0 Å². The van der Waals surface area contributed by atoms with Crippen LogP contribution in [0, 0.1) is 0 Å². The van der Waals surface area contributed by atoms with Gasteiger partial charge in [0.1, 0.15) is 17.5 Å². The van der Waals surface area contributed by atoms with E-state index in [9.17, 15) is 21.6 Å². The molecule has 4 aromatic rings. The minimum atomic E-state index is -4.54. The van der Waals surface area contributed by atoms with Crippen LogP contribution in [0.15, 0.2) is 65.8 Å². The van der Waals surface area contributed by atoms with Crippen LogP contribution in [0.1, 0.15) is 18.5 Å². The smallest absolute Gasteiger partial charge is 0.433 e. The summed E-state index contributed by atoms with van der Waals surface area (Å²) < 4.78 is 69.9. The number of sulfone groups is 1. The number of pyridine rings is 1. The number of alkyl halides is 3. The van der Waals surface area contributed by atoms with Gasteiger partial charge in [0.15, 0.2) is 9.84 Å². The molecule has 1 fully saturated rings. The van der Waals surface area contributed by atoms with E-state index in [0.717, 1.165) is 17.3 Å². The molecule has 7 nitrogen and oxygen atoms in total. The first kappa shape index (κ1) is 32.5. The zero-order chi connectivity index (χ0) is 25.5. The number of aromatic amines is 1. The van der Waals surface area contributed by atoms with Crippen molar-refractivity contribution >= 4 is 63.6 Å². The van der Waals surface area contributed by atoms with Crippen LogP contribution in [-0.4, -0.2) is 49.0 Å². The van der Waals surface area contributed by atoms with E-state index in [4.69, 9.17) is 4.74 Å². The average molecular weight is 626 g/mol. The van der Waals surface area contributed by atoms with Crippen molar-refractivity contribution in [3.05, 3.63) is 66.6 Å². The van der Waals surface area contributed by atoms with Crippen LogP contribution in [0.4, 0.5) is 18.9 Å². The summed E-state index contributed by atoms with van der Waals surface area (Å²) in [5.74, 6) is 0.510. The summed E-state index contributed by atoms with van der Waals surface area (Å²) >= 11 is 0. The van der Waals surface area contributed by atoms with E-state index in [1.807, 2.05) is 6.07 Å². The molecule has 2 aromatic carbocycles. The van der Waals surface area contributed by atoms with Gasteiger partial charge in [0, 0.05) is 55.0 Å². The Morgan fingerprint density at radius 1 is 1.03 bits per heavy atom. The maximum absolute atomic E-state index is 13.4. The second kappa shape index (κ2) is 12.6. The number of aromatic nitrogens is 3. The molecule has 0 amide bonds. The van der Waals surface area contributed by atoms with Crippen LogP contribution < -0.4 is 9.64 Å². The Labute approximate surface area is 242 Å². The van der Waals surface area contributed by atoms with Gasteiger partial charge in [-0.15, -0.1) is 37.2 Å². The third kappa shape index (κ3) is 7.08. The number of halogens is 6. The highest BCUT2D eigenvalue weighted by Crippen LogP contribution is 2.38. The predicted molar refractivity (Wildman–Crippen MR) is 151 cm³/mol. The Kier molecular flexibility index (Phi) is 10.5. The fourth-order valence-corrected chi connectivity index (χ4v) is 5.14. The highest BCUT2D eigenvalue weighted by molar-refractivity contribution is 7.90. The molecule has 1 N–H and O–H groups in total. The van der Waals surface area contributed by atoms with E-state index in [0.29, 0.717) is 42.8 Å². The maximum atomic E-state index is 13.4. The third-order valence-corrected chi connectivity index (χ3v) is 7.38. The number of hydrogen-bond donors (Lipinski definition) is 1. The van der Waals surface area contributed by atoms with Gasteiger partial charge in [-0.1, -0.05) is 12.1 Å². The van der Waals surface area contributed by atoms with Crippen LogP contribution in [0.2, 0.25) is 0 Å². The fourth-order valence-electron chi connectivity index (χ4n) is 4.48. The van der Waals surface area contributed by atoms with Crippen LogP contribution in [-0.2, 0) is 16.0 Å². The average Bonchev–Trinajstić information content (AvgIpc) is 3.35. The second-order valence-electron chi connectivity index (χ2n) is 8.77. The fraction of sp³-hybridized carbons (Fsp3) is 0.280. The third-order valence-electron chi connectivity index (χ3n) is 6.27. The lowest BCUT2D eigenvalue weighted by Crippen LogP contribution is -2.38. The number of rotatable bonds is 5. The Hall–Kier alpha value is -2.73. The summed E-state index contributed by atoms with van der Waals surface area (Å²) in [5.41, 5.74) is 1.08. The normalized spacial score (nSPS) is 14.2. The second-order valence-corrected chi connectivity index (χ2v) is 10.8. The van der Waals surface area contributed by atoms with Crippen molar-refractivity contribution in [2.75, 3.05) is 24.2 Å². The molecule has 0 bridgehead atoms. The molecular formula is C25H26Cl3F3N4O3S. The monoisotopic (exact) mass is 624 g/mol. The number of fused-ring (bicyclic) bond motifs is 1. The van der Waals surface area contributed by atoms with Gasteiger partial charge in [-0.25, -0.2) is 8.42 Å². The topological polar surface area (TPSA) is 88.2 Å². The van der Waals surface area contributed by atoms with Crippen LogP contribution in [0.25, 0.3) is 22.0 Å². The molecule has 0 radical (unpaired) electrons. The number of hydrogen-bond acceptors (Lipinski definition) is 6. The molecule has 1 aliphatic rings. The molecule has 1 saturated heterocycles. The van der Waals surface area contributed by atoms with Crippen LogP contribution in [0.5, 0.6) is 5.75 Å². The molecule has 0 atom stereocenters. The Morgan fingerprint density at radius 3 is 2.41 bits per heavy atom. The van der Waals surface area contributed by atoms with Gasteiger partial charge in [-0.3, -0.25) is 10.1 Å². The van der Waals surface area contributed by atoms with Crippen molar-refractivity contribution in [1.29, 1.82) is 0 Å². The molecule has 0 saturated carbocycles. The summed E-state index contributed by atoms with van der Waals surface area (Å²) in [4.78, 5) is 6.76.